The molecule has 2 saturated heterocycles. The number of nitrogens with zero attached hydrogens (tertiary/aromatic N) is 1. The molecule has 1 N–H and O–H groups in total. The zero-order valence-electron chi connectivity index (χ0n) is 20.5. The molecule has 2 fully saturated rings. The fraction of sp³-hybridized carbons (Fsp3) is 0.885. The van der Waals surface area contributed by atoms with E-state index < -0.39 is 5.41 Å². The van der Waals surface area contributed by atoms with Crippen LogP contribution in [0.5, 0.6) is 0 Å². The number of rotatable bonds is 16. The van der Waals surface area contributed by atoms with Crippen molar-refractivity contribution >= 4 is 5.91 Å². The van der Waals surface area contributed by atoms with Crippen LogP contribution >= 0.6 is 0 Å². The number of carbonyl (C=O) groups excluding carboxylic acids is 1. The lowest BCUT2D eigenvalue weighted by molar-refractivity contribution is -0.169. The average molecular weight is 438 g/mol. The van der Waals surface area contributed by atoms with Crippen molar-refractivity contribution < 1.29 is 19.5 Å². The van der Waals surface area contributed by atoms with E-state index in [4.69, 9.17) is 9.47 Å². The Hall–Kier alpha value is -0.910. The molecule has 2 rings (SSSR count). The monoisotopic (exact) mass is 437 g/mol. The van der Waals surface area contributed by atoms with Crippen molar-refractivity contribution in [2.24, 2.45) is 17.3 Å². The summed E-state index contributed by atoms with van der Waals surface area (Å²) in [7, 11) is 1.40. The summed E-state index contributed by atoms with van der Waals surface area (Å²) >= 11 is 0. The van der Waals surface area contributed by atoms with Gasteiger partial charge >= 0.3 is 0 Å². The molecule has 5 heteroatoms. The van der Waals surface area contributed by atoms with Crippen molar-refractivity contribution in [1.82, 2.24) is 5.06 Å². The minimum atomic E-state index is -0.538. The number of unbranched alkanes of at least 4 members (excludes halogenated alkanes) is 4. The summed E-state index contributed by atoms with van der Waals surface area (Å²) in [4.78, 5) is 12.0. The van der Waals surface area contributed by atoms with Crippen molar-refractivity contribution in [2.45, 2.75) is 110 Å². The molecule has 0 spiro atoms. The molecule has 1 amide bonds. The molecule has 4 atom stereocenters. The van der Waals surface area contributed by atoms with E-state index in [1.165, 1.54) is 58.4 Å². The zero-order chi connectivity index (χ0) is 22.7. The SMILES string of the molecule is CCCCCCOCCCC[C@@H]1[C@H](C/C=C\CCC(C)(C)C(=O)N(C)O)[C@@H]2CC[C@H]1O2. The molecule has 2 aliphatic heterocycles. The van der Waals surface area contributed by atoms with Crippen LogP contribution in [0.1, 0.15) is 97.8 Å². The van der Waals surface area contributed by atoms with Crippen molar-refractivity contribution in [2.75, 3.05) is 20.3 Å². The van der Waals surface area contributed by atoms with Gasteiger partial charge in [-0.15, -0.1) is 0 Å². The van der Waals surface area contributed by atoms with Gasteiger partial charge in [-0.25, -0.2) is 5.06 Å². The van der Waals surface area contributed by atoms with Gasteiger partial charge in [0, 0.05) is 25.7 Å². The first-order valence-electron chi connectivity index (χ1n) is 12.7. The van der Waals surface area contributed by atoms with Gasteiger partial charge in [0.1, 0.15) is 0 Å². The van der Waals surface area contributed by atoms with Gasteiger partial charge in [-0.05, 0) is 63.2 Å². The quantitative estimate of drug-likeness (QED) is 0.136. The second kappa shape index (κ2) is 13.6. The first-order valence-corrected chi connectivity index (χ1v) is 12.7. The van der Waals surface area contributed by atoms with Crippen LogP contribution in [-0.2, 0) is 14.3 Å². The first kappa shape index (κ1) is 26.3. The summed E-state index contributed by atoms with van der Waals surface area (Å²) < 4.78 is 12.1. The van der Waals surface area contributed by atoms with Gasteiger partial charge in [0.15, 0.2) is 0 Å². The fourth-order valence-corrected chi connectivity index (χ4v) is 5.27. The van der Waals surface area contributed by atoms with Crippen LogP contribution in [0.4, 0.5) is 0 Å². The highest BCUT2D eigenvalue weighted by molar-refractivity contribution is 5.80. The van der Waals surface area contributed by atoms with Crippen LogP contribution in [0, 0.1) is 17.3 Å². The Kier molecular flexibility index (Phi) is 11.6. The summed E-state index contributed by atoms with van der Waals surface area (Å²) in [5.74, 6) is 1.10. The van der Waals surface area contributed by atoms with Crippen molar-refractivity contribution in [1.29, 1.82) is 0 Å². The van der Waals surface area contributed by atoms with Gasteiger partial charge in [0.05, 0.1) is 12.2 Å². The van der Waals surface area contributed by atoms with E-state index >= 15 is 0 Å². The average Bonchev–Trinajstić information content (AvgIpc) is 3.33. The number of ether oxygens (including phenoxy) is 2. The number of amides is 1. The predicted octanol–water partition coefficient (Wildman–Crippen LogP) is 6.15. The van der Waals surface area contributed by atoms with E-state index in [9.17, 15) is 10.0 Å². The molecule has 31 heavy (non-hydrogen) atoms. The fourth-order valence-electron chi connectivity index (χ4n) is 5.27. The predicted molar refractivity (Wildman–Crippen MR) is 125 cm³/mol. The third kappa shape index (κ3) is 8.51. The molecule has 0 aliphatic carbocycles. The minimum Gasteiger partial charge on any atom is -0.381 e. The van der Waals surface area contributed by atoms with E-state index in [0.29, 0.717) is 29.1 Å². The Balaban J connectivity index is 1.64. The molecule has 2 heterocycles. The Bertz CT molecular complexity index is 546. The van der Waals surface area contributed by atoms with E-state index in [2.05, 4.69) is 19.1 Å². The van der Waals surface area contributed by atoms with Crippen molar-refractivity contribution in [3.63, 3.8) is 0 Å². The smallest absolute Gasteiger partial charge is 0.251 e. The molecule has 0 aromatic carbocycles. The van der Waals surface area contributed by atoms with Gasteiger partial charge < -0.3 is 9.47 Å². The lowest BCUT2D eigenvalue weighted by Gasteiger charge is -2.27. The number of carbonyl (C=O) groups is 1. The maximum atomic E-state index is 12.0. The Morgan fingerprint density at radius 1 is 1.06 bits per heavy atom. The van der Waals surface area contributed by atoms with Crippen LogP contribution in [0.2, 0.25) is 0 Å². The Morgan fingerprint density at radius 3 is 2.42 bits per heavy atom. The lowest BCUT2D eigenvalue weighted by Crippen LogP contribution is -2.36. The highest BCUT2D eigenvalue weighted by atomic mass is 16.5. The first-order chi connectivity index (χ1) is 14.9. The minimum absolute atomic E-state index is 0.229. The molecule has 0 radical (unpaired) electrons. The summed E-state index contributed by atoms with van der Waals surface area (Å²) in [6.07, 6.45) is 19.3. The number of hydrogen-bond acceptors (Lipinski definition) is 4. The van der Waals surface area contributed by atoms with E-state index in [-0.39, 0.29) is 5.91 Å². The maximum absolute atomic E-state index is 12.0. The molecule has 0 aromatic heterocycles. The number of fused-ring (bicyclic) bond motifs is 2. The van der Waals surface area contributed by atoms with Crippen LogP contribution in [0.3, 0.4) is 0 Å². The molecular weight excluding hydrogens is 390 g/mol. The standard InChI is InChI=1S/C26H47NO4/c1-5-6-7-12-19-30-20-13-10-15-22-21(23-16-17-24(22)31-23)14-9-8-11-18-26(2,3)25(28)27(4)29/h8-9,21-24,29H,5-7,10-20H2,1-4H3/b9-8-/t21-,22+,23-,24+/m0/s1. The highest BCUT2D eigenvalue weighted by Gasteiger charge is 2.47. The molecule has 2 bridgehead atoms. The van der Waals surface area contributed by atoms with Gasteiger partial charge in [-0.2, -0.15) is 0 Å². The molecule has 2 aliphatic rings. The molecular formula is C26H47NO4. The third-order valence-electron chi connectivity index (χ3n) is 7.19. The second-order valence-electron chi connectivity index (χ2n) is 10.2. The molecule has 180 valence electrons. The van der Waals surface area contributed by atoms with Crippen LogP contribution in [-0.4, -0.2) is 48.6 Å². The molecule has 0 aromatic rings. The topological polar surface area (TPSA) is 59.0 Å². The van der Waals surface area contributed by atoms with Gasteiger partial charge in [0.2, 0.25) is 0 Å². The van der Waals surface area contributed by atoms with Gasteiger partial charge in [-0.1, -0.05) is 58.6 Å². The van der Waals surface area contributed by atoms with Crippen LogP contribution < -0.4 is 0 Å². The lowest BCUT2D eigenvalue weighted by atomic mass is 9.75. The zero-order valence-corrected chi connectivity index (χ0v) is 20.5. The van der Waals surface area contributed by atoms with Crippen molar-refractivity contribution in [3.8, 4) is 0 Å². The molecule has 5 nitrogen and oxygen atoms in total. The van der Waals surface area contributed by atoms with E-state index in [1.807, 2.05) is 13.8 Å². The number of hydrogen-bond donors (Lipinski definition) is 1. The maximum Gasteiger partial charge on any atom is 0.251 e. The summed E-state index contributed by atoms with van der Waals surface area (Å²) in [5, 5.41) is 10.1. The normalized spacial score (nSPS) is 25.6. The highest BCUT2D eigenvalue weighted by Crippen LogP contribution is 2.47. The van der Waals surface area contributed by atoms with Crippen molar-refractivity contribution in [3.05, 3.63) is 12.2 Å². The number of hydroxylamine groups is 2. The third-order valence-corrected chi connectivity index (χ3v) is 7.19. The summed E-state index contributed by atoms with van der Waals surface area (Å²) in [6.45, 7) is 7.84. The largest absolute Gasteiger partial charge is 0.381 e. The summed E-state index contributed by atoms with van der Waals surface area (Å²) in [5.41, 5.74) is -0.538. The van der Waals surface area contributed by atoms with Crippen LogP contribution in [0.25, 0.3) is 0 Å². The number of allylic oxidation sites excluding steroid dienone is 2. The Labute approximate surface area is 190 Å². The van der Waals surface area contributed by atoms with Gasteiger partial charge in [-0.3, -0.25) is 10.0 Å². The molecule has 0 unspecified atom stereocenters. The van der Waals surface area contributed by atoms with E-state index in [1.54, 1.807) is 0 Å². The Morgan fingerprint density at radius 2 is 1.74 bits per heavy atom. The van der Waals surface area contributed by atoms with E-state index in [0.717, 1.165) is 38.9 Å². The van der Waals surface area contributed by atoms with Crippen LogP contribution in [0.15, 0.2) is 12.2 Å². The summed E-state index contributed by atoms with van der Waals surface area (Å²) in [6, 6.07) is 0. The van der Waals surface area contributed by atoms with Gasteiger partial charge in [0.25, 0.3) is 5.91 Å². The second-order valence-corrected chi connectivity index (χ2v) is 10.2. The molecule has 0 saturated carbocycles.